The minimum Gasteiger partial charge on any atom is -0.413 e. The minimum atomic E-state index is -2.05. The molecule has 0 unspecified atom stereocenters. The van der Waals surface area contributed by atoms with E-state index >= 15 is 0 Å². The van der Waals surface area contributed by atoms with E-state index in [4.69, 9.17) is 20.5 Å². The Hall–Kier alpha value is 0.0538. The molecule has 30 heavy (non-hydrogen) atoms. The van der Waals surface area contributed by atoms with E-state index in [-0.39, 0.29) is 34.9 Å². The van der Waals surface area contributed by atoms with Gasteiger partial charge in [-0.2, -0.15) is 0 Å². The molecule has 1 fully saturated rings. The first-order valence-corrected chi connectivity index (χ1v) is 17.7. The van der Waals surface area contributed by atoms with Crippen molar-refractivity contribution in [2.24, 2.45) is 5.92 Å². The SMILES string of the molecule is C=C1/C(=C\CCl)C[C@@H](O[Si](C)(C)C(C)(C)C)[C@@H](CCCF)[C@H]1O[Si](C)(C)C(C)(C)C. The van der Waals surface area contributed by atoms with E-state index in [2.05, 4.69) is 80.4 Å². The van der Waals surface area contributed by atoms with Gasteiger partial charge in [0.05, 0.1) is 18.9 Å². The van der Waals surface area contributed by atoms with Crippen LogP contribution in [0.15, 0.2) is 23.8 Å². The van der Waals surface area contributed by atoms with Crippen LogP contribution < -0.4 is 0 Å². The van der Waals surface area contributed by atoms with Gasteiger partial charge in [0.15, 0.2) is 16.6 Å². The summed E-state index contributed by atoms with van der Waals surface area (Å²) in [5.41, 5.74) is 2.16. The van der Waals surface area contributed by atoms with Gasteiger partial charge in [-0.05, 0) is 66.7 Å². The van der Waals surface area contributed by atoms with Crippen molar-refractivity contribution in [3.63, 3.8) is 0 Å². The predicted octanol–water partition coefficient (Wildman–Crippen LogP) is 8.26. The molecule has 1 saturated carbocycles. The summed E-state index contributed by atoms with van der Waals surface area (Å²) in [4.78, 5) is 0. The molecule has 0 saturated heterocycles. The van der Waals surface area contributed by atoms with Crippen LogP contribution in [0, 0.1) is 5.92 Å². The van der Waals surface area contributed by atoms with Crippen LogP contribution in [0.1, 0.15) is 60.8 Å². The Labute approximate surface area is 192 Å². The van der Waals surface area contributed by atoms with Gasteiger partial charge in [-0.3, -0.25) is 4.39 Å². The third-order valence-electron chi connectivity index (χ3n) is 7.52. The lowest BCUT2D eigenvalue weighted by atomic mass is 9.76. The van der Waals surface area contributed by atoms with E-state index in [9.17, 15) is 4.39 Å². The molecule has 0 aromatic heterocycles. The van der Waals surface area contributed by atoms with Gasteiger partial charge in [-0.1, -0.05) is 54.2 Å². The molecule has 0 amide bonds. The summed E-state index contributed by atoms with van der Waals surface area (Å²) in [5.74, 6) is 0.562. The summed E-state index contributed by atoms with van der Waals surface area (Å²) in [5, 5.41) is 0.194. The van der Waals surface area contributed by atoms with Crippen molar-refractivity contribution in [2.45, 2.75) is 109 Å². The molecule has 2 nitrogen and oxygen atoms in total. The first-order chi connectivity index (χ1) is 13.5. The van der Waals surface area contributed by atoms with Crippen LogP contribution in [0.5, 0.6) is 0 Å². The third kappa shape index (κ3) is 6.77. The van der Waals surface area contributed by atoms with Gasteiger partial charge in [-0.15, -0.1) is 11.6 Å². The monoisotopic (exact) mass is 476 g/mol. The highest BCUT2D eigenvalue weighted by Crippen LogP contribution is 2.47. The highest BCUT2D eigenvalue weighted by atomic mass is 35.5. The highest BCUT2D eigenvalue weighted by Gasteiger charge is 2.48. The van der Waals surface area contributed by atoms with Crippen LogP contribution in [-0.4, -0.2) is 41.4 Å². The van der Waals surface area contributed by atoms with Crippen LogP contribution in [0.25, 0.3) is 0 Å². The number of allylic oxidation sites excluding steroid dienone is 1. The average molecular weight is 477 g/mol. The lowest BCUT2D eigenvalue weighted by molar-refractivity contribution is 0.0247. The van der Waals surface area contributed by atoms with Crippen molar-refractivity contribution in [1.29, 1.82) is 0 Å². The van der Waals surface area contributed by atoms with Gasteiger partial charge >= 0.3 is 0 Å². The Morgan fingerprint density at radius 3 is 1.97 bits per heavy atom. The summed E-state index contributed by atoms with van der Waals surface area (Å²) >= 11 is 6.10. The Morgan fingerprint density at radius 2 is 1.53 bits per heavy atom. The Balaban J connectivity index is 3.41. The van der Waals surface area contributed by atoms with Gasteiger partial charge in [0.25, 0.3) is 0 Å². The van der Waals surface area contributed by atoms with Gasteiger partial charge in [0.2, 0.25) is 0 Å². The maximum atomic E-state index is 13.2. The molecule has 3 atom stereocenters. The second kappa shape index (κ2) is 10.3. The maximum Gasteiger partial charge on any atom is 0.192 e. The molecule has 0 N–H and O–H groups in total. The van der Waals surface area contributed by atoms with E-state index in [1.807, 2.05) is 0 Å². The molecule has 0 aromatic rings. The molecule has 176 valence electrons. The summed E-state index contributed by atoms with van der Waals surface area (Å²) in [6.07, 6.45) is 3.98. The first kappa shape index (κ1) is 28.1. The minimum absolute atomic E-state index is 0.00665. The van der Waals surface area contributed by atoms with E-state index in [0.29, 0.717) is 12.3 Å². The van der Waals surface area contributed by atoms with E-state index in [1.54, 1.807) is 0 Å². The average Bonchev–Trinajstić information content (AvgIpc) is 2.56. The van der Waals surface area contributed by atoms with Crippen molar-refractivity contribution in [2.75, 3.05) is 12.6 Å². The van der Waals surface area contributed by atoms with Crippen molar-refractivity contribution >= 4 is 28.2 Å². The zero-order valence-corrected chi connectivity index (χ0v) is 23.9. The third-order valence-corrected chi connectivity index (χ3v) is 16.6. The lowest BCUT2D eigenvalue weighted by Gasteiger charge is -2.49. The van der Waals surface area contributed by atoms with Crippen LogP contribution in [0.3, 0.4) is 0 Å². The standard InChI is InChI=1S/C24H46ClFO2Si2/c1-18-19(14-15-25)17-21(27-29(8,9)23(2,3)4)20(13-12-16-26)22(18)28-30(10,11)24(5,6)7/h14,20-22H,1,12-13,15-17H2,2-11H3/b19-14-/t20-,21-,22+/m1/s1. The van der Waals surface area contributed by atoms with Crippen molar-refractivity contribution in [1.82, 2.24) is 0 Å². The molecule has 1 aliphatic carbocycles. The lowest BCUT2D eigenvalue weighted by Crippen LogP contribution is -2.53. The fourth-order valence-electron chi connectivity index (χ4n) is 3.43. The second-order valence-corrected chi connectivity index (χ2v) is 21.6. The van der Waals surface area contributed by atoms with Crippen molar-refractivity contribution in [3.8, 4) is 0 Å². The molecular weight excluding hydrogens is 431 g/mol. The molecule has 1 aliphatic rings. The smallest absolute Gasteiger partial charge is 0.192 e. The van der Waals surface area contributed by atoms with Gasteiger partial charge < -0.3 is 8.85 Å². The number of rotatable bonds is 8. The summed E-state index contributed by atoms with van der Waals surface area (Å²) in [6, 6.07) is 0. The summed E-state index contributed by atoms with van der Waals surface area (Å²) < 4.78 is 27.1. The van der Waals surface area contributed by atoms with Crippen LogP contribution in [0.4, 0.5) is 4.39 Å². The van der Waals surface area contributed by atoms with Crippen LogP contribution in [0.2, 0.25) is 36.3 Å². The van der Waals surface area contributed by atoms with Gasteiger partial charge in [-0.25, -0.2) is 0 Å². The van der Waals surface area contributed by atoms with Crippen LogP contribution >= 0.6 is 11.6 Å². The zero-order chi connectivity index (χ0) is 23.5. The van der Waals surface area contributed by atoms with Gasteiger partial charge in [0, 0.05) is 11.8 Å². The second-order valence-electron chi connectivity index (χ2n) is 11.8. The topological polar surface area (TPSA) is 18.5 Å². The van der Waals surface area contributed by atoms with Gasteiger partial charge in [0.1, 0.15) is 0 Å². The van der Waals surface area contributed by atoms with E-state index in [1.165, 1.54) is 0 Å². The summed E-state index contributed by atoms with van der Waals surface area (Å²) in [7, 11) is -4.05. The molecule has 6 heteroatoms. The predicted molar refractivity (Wildman–Crippen MR) is 135 cm³/mol. The zero-order valence-electron chi connectivity index (χ0n) is 21.1. The molecule has 0 aliphatic heterocycles. The maximum absolute atomic E-state index is 13.2. The molecule has 0 bridgehead atoms. The quantitative estimate of drug-likeness (QED) is 0.259. The molecule has 0 aromatic carbocycles. The highest BCUT2D eigenvalue weighted by molar-refractivity contribution is 6.74. The van der Waals surface area contributed by atoms with Crippen molar-refractivity contribution < 1.29 is 13.2 Å². The first-order valence-electron chi connectivity index (χ1n) is 11.3. The Morgan fingerprint density at radius 1 is 1.03 bits per heavy atom. The molecular formula is C24H46ClFO2Si2. The Bertz CT molecular complexity index is 618. The number of alkyl halides is 2. The van der Waals surface area contributed by atoms with E-state index in [0.717, 1.165) is 24.0 Å². The molecule has 0 spiro atoms. The molecule has 0 radical (unpaired) electrons. The fraction of sp³-hybridized carbons (Fsp3) is 0.833. The normalized spacial score (nSPS) is 25.8. The molecule has 0 heterocycles. The number of hydrogen-bond acceptors (Lipinski definition) is 2. The number of halogens is 2. The van der Waals surface area contributed by atoms with Crippen LogP contribution in [-0.2, 0) is 8.85 Å². The molecule has 1 rings (SSSR count). The fourth-order valence-corrected chi connectivity index (χ4v) is 6.29. The largest absolute Gasteiger partial charge is 0.413 e. The summed E-state index contributed by atoms with van der Waals surface area (Å²) in [6.45, 7) is 26.8. The van der Waals surface area contributed by atoms with E-state index < -0.39 is 16.6 Å². The Kier molecular flexibility index (Phi) is 9.67. The van der Waals surface area contributed by atoms with Crippen molar-refractivity contribution in [3.05, 3.63) is 23.8 Å². The number of hydrogen-bond donors (Lipinski definition) is 0.